The lowest BCUT2D eigenvalue weighted by molar-refractivity contribution is -0.126. The second-order valence-electron chi connectivity index (χ2n) is 7.90. The SMILES string of the molecule is O=C(NC1CCC(C(=O)NCc2cccc(F)c2)CC1)c1cccn1C1CC1. The Morgan fingerprint density at radius 3 is 2.54 bits per heavy atom. The van der Waals surface area contributed by atoms with Crippen LogP contribution >= 0.6 is 0 Å². The molecule has 0 atom stereocenters. The number of benzene rings is 1. The normalized spacial score (nSPS) is 21.9. The van der Waals surface area contributed by atoms with E-state index in [9.17, 15) is 14.0 Å². The van der Waals surface area contributed by atoms with Crippen LogP contribution in [0.15, 0.2) is 42.6 Å². The maximum absolute atomic E-state index is 13.2. The molecule has 2 N–H and O–H groups in total. The highest BCUT2D eigenvalue weighted by Crippen LogP contribution is 2.36. The Balaban J connectivity index is 1.23. The molecule has 6 heteroatoms. The third-order valence-electron chi connectivity index (χ3n) is 5.74. The molecule has 0 spiro atoms. The van der Waals surface area contributed by atoms with Crippen LogP contribution in [0.1, 0.15) is 60.6 Å². The van der Waals surface area contributed by atoms with Crippen LogP contribution in [-0.2, 0) is 11.3 Å². The molecule has 148 valence electrons. The number of nitrogens with zero attached hydrogens (tertiary/aromatic N) is 1. The molecule has 2 aliphatic carbocycles. The van der Waals surface area contributed by atoms with Gasteiger partial charge in [-0.3, -0.25) is 9.59 Å². The molecule has 4 rings (SSSR count). The molecule has 2 fully saturated rings. The molecule has 28 heavy (non-hydrogen) atoms. The van der Waals surface area contributed by atoms with E-state index in [0.717, 1.165) is 49.8 Å². The van der Waals surface area contributed by atoms with Crippen molar-refractivity contribution < 1.29 is 14.0 Å². The average molecular weight is 383 g/mol. The van der Waals surface area contributed by atoms with E-state index in [1.165, 1.54) is 12.1 Å². The number of carbonyl (C=O) groups is 2. The highest BCUT2D eigenvalue weighted by molar-refractivity contribution is 5.93. The summed E-state index contributed by atoms with van der Waals surface area (Å²) in [5, 5.41) is 6.04. The van der Waals surface area contributed by atoms with Gasteiger partial charge < -0.3 is 15.2 Å². The second kappa shape index (κ2) is 8.17. The summed E-state index contributed by atoms with van der Waals surface area (Å²) in [7, 11) is 0. The van der Waals surface area contributed by atoms with E-state index in [4.69, 9.17) is 0 Å². The van der Waals surface area contributed by atoms with E-state index < -0.39 is 0 Å². The second-order valence-corrected chi connectivity index (χ2v) is 7.90. The number of rotatable bonds is 6. The van der Waals surface area contributed by atoms with Crippen LogP contribution in [0.3, 0.4) is 0 Å². The Labute approximate surface area is 164 Å². The molecule has 1 aromatic heterocycles. The van der Waals surface area contributed by atoms with Crippen molar-refractivity contribution in [1.29, 1.82) is 0 Å². The molecule has 1 heterocycles. The number of carbonyl (C=O) groups excluding carboxylic acids is 2. The van der Waals surface area contributed by atoms with Gasteiger partial charge in [0, 0.05) is 30.7 Å². The fourth-order valence-electron chi connectivity index (χ4n) is 4.00. The van der Waals surface area contributed by atoms with Gasteiger partial charge in [0.15, 0.2) is 0 Å². The van der Waals surface area contributed by atoms with Crippen LogP contribution in [0.4, 0.5) is 4.39 Å². The number of aromatic nitrogens is 1. The van der Waals surface area contributed by atoms with Gasteiger partial charge in [0.25, 0.3) is 5.91 Å². The number of hydrogen-bond acceptors (Lipinski definition) is 2. The quantitative estimate of drug-likeness (QED) is 0.801. The number of hydrogen-bond donors (Lipinski definition) is 2. The maximum Gasteiger partial charge on any atom is 0.268 e. The largest absolute Gasteiger partial charge is 0.352 e. The zero-order valence-corrected chi connectivity index (χ0v) is 15.9. The van der Waals surface area contributed by atoms with Crippen LogP contribution in [0.5, 0.6) is 0 Å². The summed E-state index contributed by atoms with van der Waals surface area (Å²) < 4.78 is 15.3. The van der Waals surface area contributed by atoms with Crippen molar-refractivity contribution >= 4 is 11.8 Å². The van der Waals surface area contributed by atoms with Gasteiger partial charge in [-0.2, -0.15) is 0 Å². The van der Waals surface area contributed by atoms with Crippen molar-refractivity contribution in [3.63, 3.8) is 0 Å². The lowest BCUT2D eigenvalue weighted by Gasteiger charge is -2.28. The Bertz CT molecular complexity index is 851. The molecular formula is C22H26FN3O2. The van der Waals surface area contributed by atoms with Crippen LogP contribution in [0, 0.1) is 11.7 Å². The van der Waals surface area contributed by atoms with E-state index in [1.807, 2.05) is 18.3 Å². The average Bonchev–Trinajstić information content (AvgIpc) is 3.43. The zero-order valence-electron chi connectivity index (χ0n) is 15.9. The Morgan fingerprint density at radius 2 is 1.82 bits per heavy atom. The van der Waals surface area contributed by atoms with Gasteiger partial charge in [-0.25, -0.2) is 4.39 Å². The van der Waals surface area contributed by atoms with E-state index in [2.05, 4.69) is 15.2 Å². The first-order valence-electron chi connectivity index (χ1n) is 10.1. The molecule has 0 unspecified atom stereocenters. The number of amides is 2. The maximum atomic E-state index is 13.2. The highest BCUT2D eigenvalue weighted by atomic mass is 19.1. The third-order valence-corrected chi connectivity index (χ3v) is 5.74. The van der Waals surface area contributed by atoms with E-state index in [1.54, 1.807) is 12.1 Å². The van der Waals surface area contributed by atoms with Crippen LogP contribution < -0.4 is 10.6 Å². The standard InChI is InChI=1S/C22H26FN3O2/c23-17-4-1-3-15(13-17)14-24-21(27)16-6-8-18(9-7-16)25-22(28)20-5-2-12-26(20)19-10-11-19/h1-5,12-13,16,18-19H,6-11,14H2,(H,24,27)(H,25,28). The predicted molar refractivity (Wildman–Crippen MR) is 104 cm³/mol. The summed E-state index contributed by atoms with van der Waals surface area (Å²) in [6.45, 7) is 0.339. The summed E-state index contributed by atoms with van der Waals surface area (Å²) in [5.41, 5.74) is 1.49. The summed E-state index contributed by atoms with van der Waals surface area (Å²) in [6.07, 6.45) is 7.37. The molecule has 0 radical (unpaired) electrons. The number of halogens is 1. The topological polar surface area (TPSA) is 63.1 Å². The minimum absolute atomic E-state index is 0.0108. The molecule has 2 aromatic rings. The zero-order chi connectivity index (χ0) is 19.5. The lowest BCUT2D eigenvalue weighted by atomic mass is 9.85. The molecule has 2 aliphatic rings. The first-order valence-corrected chi connectivity index (χ1v) is 10.1. The number of nitrogens with one attached hydrogen (secondary N) is 2. The van der Waals surface area contributed by atoms with Gasteiger partial charge >= 0.3 is 0 Å². The third kappa shape index (κ3) is 4.43. The lowest BCUT2D eigenvalue weighted by Crippen LogP contribution is -2.41. The molecule has 2 amide bonds. The summed E-state index contributed by atoms with van der Waals surface area (Å²) >= 11 is 0. The Morgan fingerprint density at radius 1 is 1.04 bits per heavy atom. The van der Waals surface area contributed by atoms with Crippen LogP contribution in [0.25, 0.3) is 0 Å². The Kier molecular flexibility index (Phi) is 5.46. The van der Waals surface area contributed by atoms with Gasteiger partial charge in [0.2, 0.25) is 5.91 Å². The fraction of sp³-hybridized carbons (Fsp3) is 0.455. The van der Waals surface area contributed by atoms with E-state index in [0.29, 0.717) is 12.6 Å². The Hall–Kier alpha value is -2.63. The minimum atomic E-state index is -0.296. The van der Waals surface area contributed by atoms with Crippen molar-refractivity contribution in [2.45, 2.75) is 57.2 Å². The van der Waals surface area contributed by atoms with Gasteiger partial charge in [-0.05, 0) is 68.4 Å². The van der Waals surface area contributed by atoms with Crippen LogP contribution in [0.2, 0.25) is 0 Å². The van der Waals surface area contributed by atoms with E-state index >= 15 is 0 Å². The molecule has 2 saturated carbocycles. The van der Waals surface area contributed by atoms with Gasteiger partial charge in [-0.15, -0.1) is 0 Å². The molecule has 0 bridgehead atoms. The van der Waals surface area contributed by atoms with Crippen molar-refractivity contribution in [2.75, 3.05) is 0 Å². The molecule has 5 nitrogen and oxygen atoms in total. The molecule has 0 saturated heterocycles. The summed E-state index contributed by atoms with van der Waals surface area (Å²) in [5.74, 6) is -0.347. The van der Waals surface area contributed by atoms with Crippen LogP contribution in [-0.4, -0.2) is 22.4 Å². The molecule has 1 aromatic carbocycles. The summed E-state index contributed by atoms with van der Waals surface area (Å²) in [4.78, 5) is 25.0. The molecular weight excluding hydrogens is 357 g/mol. The predicted octanol–water partition coefficient (Wildman–Crippen LogP) is 3.57. The van der Waals surface area contributed by atoms with Gasteiger partial charge in [-0.1, -0.05) is 12.1 Å². The first kappa shape index (κ1) is 18.7. The molecule has 0 aliphatic heterocycles. The van der Waals surface area contributed by atoms with Crippen molar-refractivity contribution in [3.8, 4) is 0 Å². The minimum Gasteiger partial charge on any atom is -0.352 e. The highest BCUT2D eigenvalue weighted by Gasteiger charge is 2.30. The monoisotopic (exact) mass is 383 g/mol. The summed E-state index contributed by atoms with van der Waals surface area (Å²) in [6, 6.07) is 10.7. The van der Waals surface area contributed by atoms with Gasteiger partial charge in [0.1, 0.15) is 11.5 Å². The van der Waals surface area contributed by atoms with Crippen molar-refractivity contribution in [3.05, 3.63) is 59.7 Å². The van der Waals surface area contributed by atoms with Crippen molar-refractivity contribution in [2.24, 2.45) is 5.92 Å². The van der Waals surface area contributed by atoms with E-state index in [-0.39, 0.29) is 29.6 Å². The van der Waals surface area contributed by atoms with Crippen molar-refractivity contribution in [1.82, 2.24) is 15.2 Å². The smallest absolute Gasteiger partial charge is 0.268 e. The first-order chi connectivity index (χ1) is 13.6. The van der Waals surface area contributed by atoms with Gasteiger partial charge in [0.05, 0.1) is 0 Å². The fourth-order valence-corrected chi connectivity index (χ4v) is 4.00.